The summed E-state index contributed by atoms with van der Waals surface area (Å²) in [5, 5.41) is 15.0. The van der Waals surface area contributed by atoms with Gasteiger partial charge in [0.25, 0.3) is 11.6 Å². The Bertz CT molecular complexity index is 1610. The first kappa shape index (κ1) is 24.7. The highest BCUT2D eigenvalue weighted by atomic mass is 32.2. The van der Waals surface area contributed by atoms with E-state index in [1.54, 1.807) is 35.8 Å². The average molecular weight is 506 g/mol. The van der Waals surface area contributed by atoms with Crippen molar-refractivity contribution in [1.29, 1.82) is 0 Å². The maximum absolute atomic E-state index is 12.8. The Morgan fingerprint density at radius 3 is 2.36 bits per heavy atom. The molecule has 11 heteroatoms. The van der Waals surface area contributed by atoms with Crippen LogP contribution in [0.2, 0.25) is 0 Å². The molecular weight excluding hydrogens is 482 g/mol. The Hall–Kier alpha value is -4.38. The summed E-state index contributed by atoms with van der Waals surface area (Å²) in [5.74, 6) is 0.118. The van der Waals surface area contributed by atoms with Crippen LogP contribution >= 0.6 is 0 Å². The smallest absolute Gasteiger partial charge is 0.269 e. The molecule has 4 rings (SSSR count). The third-order valence-electron chi connectivity index (χ3n) is 5.59. The Labute approximate surface area is 207 Å². The molecule has 0 radical (unpaired) electrons. The number of carbonyl (C=O) groups is 1. The molecule has 0 bridgehead atoms. The lowest BCUT2D eigenvalue weighted by Gasteiger charge is -2.10. The van der Waals surface area contributed by atoms with Gasteiger partial charge < -0.3 is 4.57 Å². The second-order valence-electron chi connectivity index (χ2n) is 8.35. The Morgan fingerprint density at radius 1 is 1.08 bits per heavy atom. The van der Waals surface area contributed by atoms with E-state index in [2.05, 4.69) is 10.5 Å². The molecule has 0 fully saturated rings. The number of hydrogen-bond donors (Lipinski definition) is 1. The molecule has 3 aromatic carbocycles. The summed E-state index contributed by atoms with van der Waals surface area (Å²) in [4.78, 5) is 28.1. The van der Waals surface area contributed by atoms with Crippen LogP contribution < -0.4 is 5.43 Å². The van der Waals surface area contributed by atoms with Gasteiger partial charge in [-0.2, -0.15) is 5.10 Å². The number of non-ortho nitro benzene ring substituents is 1. The van der Waals surface area contributed by atoms with Crippen molar-refractivity contribution in [2.75, 3.05) is 6.26 Å². The zero-order chi connectivity index (χ0) is 26.0. The molecule has 0 aliphatic rings. The SMILES string of the molecule is C/C(=N/NC(=O)Cn1c(-c2ccc(S(C)(=O)=O)cc2)nc2cc(C)ccc21)c1ccc([N+](=O)[O-])cc1. The van der Waals surface area contributed by atoms with Gasteiger partial charge in [-0.05, 0) is 73.5 Å². The standard InChI is InChI=1S/C25H23N5O5S/c1-16-4-13-23-22(14-16)26-25(19-7-11-21(12-8-19)36(3,34)35)29(23)15-24(31)28-27-17(2)18-5-9-20(10-6-18)30(32)33/h4-14H,15H2,1-3H3,(H,28,31)/b27-17-. The van der Waals surface area contributed by atoms with Crippen LogP contribution in [0.1, 0.15) is 18.1 Å². The van der Waals surface area contributed by atoms with E-state index in [9.17, 15) is 23.3 Å². The van der Waals surface area contributed by atoms with Crippen molar-refractivity contribution in [3.63, 3.8) is 0 Å². The van der Waals surface area contributed by atoms with E-state index < -0.39 is 20.7 Å². The van der Waals surface area contributed by atoms with Crippen LogP contribution in [-0.2, 0) is 21.2 Å². The predicted octanol–water partition coefficient (Wildman–Crippen LogP) is 3.86. The molecule has 10 nitrogen and oxygen atoms in total. The number of carbonyl (C=O) groups excluding carboxylic acids is 1. The number of rotatable bonds is 7. The Kier molecular flexibility index (Phi) is 6.67. The van der Waals surface area contributed by atoms with Crippen molar-refractivity contribution in [2.45, 2.75) is 25.3 Å². The van der Waals surface area contributed by atoms with Gasteiger partial charge in [-0.1, -0.05) is 6.07 Å². The summed E-state index contributed by atoms with van der Waals surface area (Å²) in [6, 6.07) is 17.9. The van der Waals surface area contributed by atoms with Crippen molar-refractivity contribution in [3.05, 3.63) is 88.0 Å². The quantitative estimate of drug-likeness (QED) is 0.230. The fourth-order valence-corrected chi connectivity index (χ4v) is 4.32. The first-order valence-corrected chi connectivity index (χ1v) is 12.8. The number of nitro benzene ring substituents is 1. The van der Waals surface area contributed by atoms with Crippen molar-refractivity contribution in [2.24, 2.45) is 5.10 Å². The van der Waals surface area contributed by atoms with Crippen LogP contribution in [0.3, 0.4) is 0 Å². The largest absolute Gasteiger partial charge is 0.314 e. The molecule has 1 amide bonds. The third-order valence-corrected chi connectivity index (χ3v) is 6.72. The molecule has 0 aliphatic heterocycles. The summed E-state index contributed by atoms with van der Waals surface area (Å²) in [5.41, 5.74) is 6.74. The maximum Gasteiger partial charge on any atom is 0.269 e. The van der Waals surface area contributed by atoms with Crippen molar-refractivity contribution in [1.82, 2.24) is 15.0 Å². The highest BCUT2D eigenvalue weighted by Crippen LogP contribution is 2.26. The molecule has 4 aromatic rings. The molecular formula is C25H23N5O5S. The van der Waals surface area contributed by atoms with E-state index >= 15 is 0 Å². The minimum Gasteiger partial charge on any atom is -0.314 e. The number of sulfone groups is 1. The van der Waals surface area contributed by atoms with E-state index in [-0.39, 0.29) is 17.1 Å². The van der Waals surface area contributed by atoms with E-state index in [1.807, 2.05) is 25.1 Å². The number of nitrogens with one attached hydrogen (secondary N) is 1. The Morgan fingerprint density at radius 2 is 1.75 bits per heavy atom. The number of nitrogens with zero attached hydrogens (tertiary/aromatic N) is 4. The molecule has 0 unspecified atom stereocenters. The minimum absolute atomic E-state index is 0.0325. The van der Waals surface area contributed by atoms with E-state index in [4.69, 9.17) is 4.98 Å². The first-order valence-electron chi connectivity index (χ1n) is 10.9. The van der Waals surface area contributed by atoms with Crippen LogP contribution in [0.15, 0.2) is 76.7 Å². The van der Waals surface area contributed by atoms with Gasteiger partial charge in [0.2, 0.25) is 0 Å². The second-order valence-corrected chi connectivity index (χ2v) is 10.4. The lowest BCUT2D eigenvalue weighted by molar-refractivity contribution is -0.384. The number of amides is 1. The highest BCUT2D eigenvalue weighted by Gasteiger charge is 2.17. The number of hydrogen-bond acceptors (Lipinski definition) is 7. The topological polar surface area (TPSA) is 137 Å². The van der Waals surface area contributed by atoms with Gasteiger partial charge in [0.1, 0.15) is 12.4 Å². The lowest BCUT2D eigenvalue weighted by Crippen LogP contribution is -2.24. The number of imidazole rings is 1. The summed E-state index contributed by atoms with van der Waals surface area (Å²) in [6.07, 6.45) is 1.14. The number of benzene rings is 3. The van der Waals surface area contributed by atoms with Gasteiger partial charge in [-0.15, -0.1) is 0 Å². The maximum atomic E-state index is 12.8. The Balaban J connectivity index is 1.62. The number of aryl methyl sites for hydroxylation is 1. The molecule has 0 saturated heterocycles. The van der Waals surface area contributed by atoms with Crippen molar-refractivity contribution in [3.8, 4) is 11.4 Å². The minimum atomic E-state index is -3.35. The molecule has 184 valence electrons. The number of aromatic nitrogens is 2. The van der Waals surface area contributed by atoms with Crippen LogP contribution in [0.4, 0.5) is 5.69 Å². The average Bonchev–Trinajstić information content (AvgIpc) is 3.19. The molecule has 36 heavy (non-hydrogen) atoms. The van der Waals surface area contributed by atoms with Gasteiger partial charge in [-0.25, -0.2) is 18.8 Å². The van der Waals surface area contributed by atoms with Gasteiger partial charge in [0, 0.05) is 24.0 Å². The molecule has 0 spiro atoms. The fourth-order valence-electron chi connectivity index (χ4n) is 3.69. The summed E-state index contributed by atoms with van der Waals surface area (Å²) < 4.78 is 25.4. The van der Waals surface area contributed by atoms with E-state index in [0.717, 1.165) is 17.3 Å². The van der Waals surface area contributed by atoms with Crippen molar-refractivity contribution < 1.29 is 18.1 Å². The van der Waals surface area contributed by atoms with E-state index in [0.29, 0.717) is 28.2 Å². The van der Waals surface area contributed by atoms with Gasteiger partial charge in [0.05, 0.1) is 26.6 Å². The summed E-state index contributed by atoms with van der Waals surface area (Å²) in [7, 11) is -3.35. The molecule has 1 aromatic heterocycles. The van der Waals surface area contributed by atoms with Gasteiger partial charge in [-0.3, -0.25) is 14.9 Å². The van der Waals surface area contributed by atoms with E-state index in [1.165, 1.54) is 24.3 Å². The van der Waals surface area contributed by atoms with Crippen LogP contribution in [-0.4, -0.2) is 40.8 Å². The summed E-state index contributed by atoms with van der Waals surface area (Å²) in [6.45, 7) is 3.55. The zero-order valence-corrected chi connectivity index (χ0v) is 20.6. The van der Waals surface area contributed by atoms with Gasteiger partial charge in [0.15, 0.2) is 9.84 Å². The molecule has 1 N–H and O–H groups in total. The second kappa shape index (κ2) is 9.70. The molecule has 0 saturated carbocycles. The normalized spacial score (nSPS) is 12.0. The zero-order valence-electron chi connectivity index (χ0n) is 19.8. The molecule has 1 heterocycles. The molecule has 0 aliphatic carbocycles. The monoisotopic (exact) mass is 505 g/mol. The van der Waals surface area contributed by atoms with Crippen molar-refractivity contribution >= 4 is 38.2 Å². The van der Waals surface area contributed by atoms with Gasteiger partial charge >= 0.3 is 0 Å². The van der Waals surface area contributed by atoms with Crippen LogP contribution in [0.25, 0.3) is 22.4 Å². The van der Waals surface area contributed by atoms with Crippen LogP contribution in [0, 0.1) is 17.0 Å². The fraction of sp³-hybridized carbons (Fsp3) is 0.160. The number of fused-ring (bicyclic) bond motifs is 1. The summed E-state index contributed by atoms with van der Waals surface area (Å²) >= 11 is 0. The predicted molar refractivity (Wildman–Crippen MR) is 136 cm³/mol. The lowest BCUT2D eigenvalue weighted by atomic mass is 10.1. The number of nitro groups is 1. The first-order chi connectivity index (χ1) is 17.0. The van der Waals surface area contributed by atoms with Crippen LogP contribution in [0.5, 0.6) is 0 Å². The number of hydrazone groups is 1. The third kappa shape index (κ3) is 5.31. The highest BCUT2D eigenvalue weighted by molar-refractivity contribution is 7.90. The molecule has 0 atom stereocenters.